The van der Waals surface area contributed by atoms with Gasteiger partial charge in [0.15, 0.2) is 0 Å². The maximum atomic E-state index is 12.2. The predicted molar refractivity (Wildman–Crippen MR) is 88.9 cm³/mol. The van der Waals surface area contributed by atoms with Gasteiger partial charge in [0, 0.05) is 20.7 Å². The molecule has 1 fully saturated rings. The van der Waals surface area contributed by atoms with Crippen LogP contribution < -0.4 is 10.7 Å². The van der Waals surface area contributed by atoms with Gasteiger partial charge in [-0.1, -0.05) is 0 Å². The van der Waals surface area contributed by atoms with E-state index in [1.165, 1.54) is 18.2 Å². The summed E-state index contributed by atoms with van der Waals surface area (Å²) in [4.78, 5) is 26.1. The first kappa shape index (κ1) is 14.5. The smallest absolute Gasteiger partial charge is 0.341 e. The summed E-state index contributed by atoms with van der Waals surface area (Å²) in [5.74, 6) is -0.574. The van der Waals surface area contributed by atoms with E-state index in [4.69, 9.17) is 5.11 Å². The third-order valence-corrected chi connectivity index (χ3v) is 4.95. The topological polar surface area (TPSA) is 82.2 Å². The van der Waals surface area contributed by atoms with Crippen LogP contribution in [-0.4, -0.2) is 29.1 Å². The Kier molecular flexibility index (Phi) is 3.99. The molecule has 1 aromatic heterocycles. The van der Waals surface area contributed by atoms with Gasteiger partial charge in [0.2, 0.25) is 5.43 Å². The first-order valence-corrected chi connectivity index (χ1v) is 7.92. The number of benzene rings is 1. The second-order valence-corrected chi connectivity index (χ2v) is 6.55. The van der Waals surface area contributed by atoms with Crippen molar-refractivity contribution in [2.45, 2.75) is 12.8 Å². The van der Waals surface area contributed by atoms with Gasteiger partial charge in [-0.15, -0.1) is 0 Å². The molecule has 0 spiro atoms. The zero-order valence-electron chi connectivity index (χ0n) is 11.3. The summed E-state index contributed by atoms with van der Waals surface area (Å²) in [7, 11) is 0. The van der Waals surface area contributed by atoms with E-state index in [0.29, 0.717) is 16.8 Å². The maximum absolute atomic E-state index is 12.2. The van der Waals surface area contributed by atoms with Crippen molar-refractivity contribution in [1.29, 1.82) is 0 Å². The second-order valence-electron chi connectivity index (χ2n) is 5.39. The van der Waals surface area contributed by atoms with E-state index in [2.05, 4.69) is 32.9 Å². The van der Waals surface area contributed by atoms with Crippen molar-refractivity contribution in [1.82, 2.24) is 10.3 Å². The average Bonchev–Trinajstić information content (AvgIpc) is 2.93. The SMILES string of the molecule is O=C(O)c1c[nH]c2cc(CC3CCNC3)c(I)cc2c1=O. The zero-order valence-corrected chi connectivity index (χ0v) is 13.4. The van der Waals surface area contributed by atoms with Gasteiger partial charge >= 0.3 is 5.97 Å². The largest absolute Gasteiger partial charge is 0.477 e. The van der Waals surface area contributed by atoms with Gasteiger partial charge in [0.25, 0.3) is 0 Å². The molecule has 0 radical (unpaired) electrons. The molecule has 0 bridgehead atoms. The quantitative estimate of drug-likeness (QED) is 0.691. The van der Waals surface area contributed by atoms with Gasteiger partial charge < -0.3 is 15.4 Å². The number of aromatic amines is 1. The number of carboxylic acid groups (broad SMARTS) is 1. The Morgan fingerprint density at radius 1 is 1.43 bits per heavy atom. The van der Waals surface area contributed by atoms with E-state index in [1.54, 1.807) is 6.07 Å². The van der Waals surface area contributed by atoms with Gasteiger partial charge in [-0.05, 0) is 72.1 Å². The fourth-order valence-electron chi connectivity index (χ4n) is 2.80. The lowest BCUT2D eigenvalue weighted by Crippen LogP contribution is -2.16. The zero-order chi connectivity index (χ0) is 15.0. The van der Waals surface area contributed by atoms with Gasteiger partial charge in [-0.2, -0.15) is 0 Å². The van der Waals surface area contributed by atoms with Crippen LogP contribution in [-0.2, 0) is 6.42 Å². The molecule has 1 unspecified atom stereocenters. The fraction of sp³-hybridized carbons (Fsp3) is 0.333. The van der Waals surface area contributed by atoms with Crippen LogP contribution in [0.25, 0.3) is 10.9 Å². The van der Waals surface area contributed by atoms with E-state index in [1.807, 2.05) is 6.07 Å². The molecular weight excluding hydrogens is 383 g/mol. The minimum absolute atomic E-state index is 0.217. The standard InChI is InChI=1S/C15H15IN2O3/c16-12-5-10-13(18-7-11(14(10)19)15(20)21)4-9(12)3-8-1-2-17-6-8/h4-5,7-8,17H,1-3,6H2,(H,18,19)(H,20,21). The molecule has 1 atom stereocenters. The van der Waals surface area contributed by atoms with Gasteiger partial charge in [-0.3, -0.25) is 4.79 Å². The molecule has 0 amide bonds. The number of pyridine rings is 1. The van der Waals surface area contributed by atoms with Gasteiger partial charge in [0.1, 0.15) is 5.56 Å². The fourth-order valence-corrected chi connectivity index (χ4v) is 3.49. The Labute approximate surface area is 134 Å². The van der Waals surface area contributed by atoms with Gasteiger partial charge in [0.05, 0.1) is 0 Å². The van der Waals surface area contributed by atoms with Crippen LogP contribution in [0.5, 0.6) is 0 Å². The number of carboxylic acids is 1. The number of H-pyrrole nitrogens is 1. The summed E-state index contributed by atoms with van der Waals surface area (Å²) >= 11 is 2.22. The number of hydrogen-bond acceptors (Lipinski definition) is 3. The normalized spacial score (nSPS) is 18.2. The van der Waals surface area contributed by atoms with Crippen LogP contribution >= 0.6 is 22.6 Å². The number of nitrogens with one attached hydrogen (secondary N) is 2. The minimum Gasteiger partial charge on any atom is -0.477 e. The highest BCUT2D eigenvalue weighted by molar-refractivity contribution is 14.1. The first-order valence-electron chi connectivity index (χ1n) is 6.84. The Bertz CT molecular complexity index is 763. The number of carbonyl (C=O) groups is 1. The van der Waals surface area contributed by atoms with Crippen molar-refractivity contribution in [3.8, 4) is 0 Å². The molecule has 6 heteroatoms. The summed E-state index contributed by atoms with van der Waals surface area (Å²) in [6.45, 7) is 2.09. The summed E-state index contributed by atoms with van der Waals surface area (Å²) in [6, 6.07) is 3.77. The first-order chi connectivity index (χ1) is 10.1. The lowest BCUT2D eigenvalue weighted by Gasteiger charge is -2.11. The Hall–Kier alpha value is -1.41. The number of fused-ring (bicyclic) bond motifs is 1. The third kappa shape index (κ3) is 2.82. The number of hydrogen-bond donors (Lipinski definition) is 3. The molecule has 2 aromatic rings. The Morgan fingerprint density at radius 2 is 2.24 bits per heavy atom. The average molecular weight is 398 g/mol. The van der Waals surface area contributed by atoms with E-state index in [0.717, 1.165) is 23.1 Å². The molecule has 3 N–H and O–H groups in total. The highest BCUT2D eigenvalue weighted by Gasteiger charge is 2.18. The third-order valence-electron chi connectivity index (χ3n) is 3.95. The monoisotopic (exact) mass is 398 g/mol. The molecule has 1 aromatic carbocycles. The van der Waals surface area contributed by atoms with Crippen molar-refractivity contribution in [3.63, 3.8) is 0 Å². The van der Waals surface area contributed by atoms with Crippen LogP contribution in [0.2, 0.25) is 0 Å². The molecule has 0 saturated carbocycles. The minimum atomic E-state index is -1.20. The second kappa shape index (κ2) is 5.76. The van der Waals surface area contributed by atoms with E-state index in [-0.39, 0.29) is 5.56 Å². The number of aromatic nitrogens is 1. The van der Waals surface area contributed by atoms with Crippen molar-refractivity contribution in [2.24, 2.45) is 5.92 Å². The van der Waals surface area contributed by atoms with E-state index >= 15 is 0 Å². The Morgan fingerprint density at radius 3 is 2.90 bits per heavy atom. The van der Waals surface area contributed by atoms with Crippen molar-refractivity contribution in [2.75, 3.05) is 13.1 Å². The molecule has 0 aliphatic carbocycles. The molecule has 110 valence electrons. The summed E-state index contributed by atoms with van der Waals surface area (Å²) in [5, 5.41) is 12.8. The molecular formula is C15H15IN2O3. The molecule has 3 rings (SSSR count). The summed E-state index contributed by atoms with van der Waals surface area (Å²) < 4.78 is 1.01. The van der Waals surface area contributed by atoms with Crippen molar-refractivity contribution in [3.05, 3.63) is 43.2 Å². The van der Waals surface area contributed by atoms with Crippen LogP contribution in [0.4, 0.5) is 0 Å². The van der Waals surface area contributed by atoms with E-state index < -0.39 is 11.4 Å². The van der Waals surface area contributed by atoms with Crippen LogP contribution in [0.1, 0.15) is 22.3 Å². The van der Waals surface area contributed by atoms with Gasteiger partial charge in [-0.25, -0.2) is 4.79 Å². The predicted octanol–water partition coefficient (Wildman–Crippen LogP) is 1.98. The van der Waals surface area contributed by atoms with Crippen LogP contribution in [0.3, 0.4) is 0 Å². The molecule has 21 heavy (non-hydrogen) atoms. The lowest BCUT2D eigenvalue weighted by atomic mass is 9.97. The molecule has 5 nitrogen and oxygen atoms in total. The molecule has 1 aliphatic heterocycles. The van der Waals surface area contributed by atoms with Crippen molar-refractivity contribution < 1.29 is 9.90 Å². The number of halogens is 1. The molecule has 2 heterocycles. The number of aromatic carboxylic acids is 1. The summed E-state index contributed by atoms with van der Waals surface area (Å²) in [5.41, 5.74) is 1.26. The molecule has 1 aliphatic rings. The number of rotatable bonds is 3. The maximum Gasteiger partial charge on any atom is 0.341 e. The van der Waals surface area contributed by atoms with Crippen LogP contribution in [0.15, 0.2) is 23.1 Å². The highest BCUT2D eigenvalue weighted by Crippen LogP contribution is 2.23. The summed E-state index contributed by atoms with van der Waals surface area (Å²) in [6.07, 6.45) is 3.42. The Balaban J connectivity index is 2.05. The van der Waals surface area contributed by atoms with Crippen molar-refractivity contribution >= 4 is 39.5 Å². The van der Waals surface area contributed by atoms with E-state index in [9.17, 15) is 9.59 Å². The van der Waals surface area contributed by atoms with Crippen LogP contribution in [0, 0.1) is 9.49 Å². The lowest BCUT2D eigenvalue weighted by molar-refractivity contribution is 0.0695. The molecule has 1 saturated heterocycles. The highest BCUT2D eigenvalue weighted by atomic mass is 127.